The number of thioether (sulfide) groups is 1. The van der Waals surface area contributed by atoms with Crippen LogP contribution in [0.2, 0.25) is 0 Å². The van der Waals surface area contributed by atoms with Crippen molar-refractivity contribution in [2.75, 3.05) is 26.9 Å². The van der Waals surface area contributed by atoms with E-state index in [0.29, 0.717) is 6.54 Å². The Bertz CT molecular complexity index is 441. The number of hydrogen-bond acceptors (Lipinski definition) is 3. The summed E-state index contributed by atoms with van der Waals surface area (Å²) in [6.07, 6.45) is 4.17. The molecule has 0 saturated heterocycles. The summed E-state index contributed by atoms with van der Waals surface area (Å²) in [4.78, 5) is 15.1. The molecule has 98 valence electrons. The molecule has 1 aliphatic rings. The summed E-state index contributed by atoms with van der Waals surface area (Å²) in [5, 5.41) is 3.20. The normalized spacial score (nSPS) is 16.7. The van der Waals surface area contributed by atoms with Crippen molar-refractivity contribution in [1.29, 1.82) is 0 Å². The van der Waals surface area contributed by atoms with Crippen molar-refractivity contribution >= 4 is 17.7 Å². The average Bonchev–Trinajstić information content (AvgIpc) is 3.08. The molecule has 18 heavy (non-hydrogen) atoms. The van der Waals surface area contributed by atoms with Crippen LogP contribution in [0.5, 0.6) is 0 Å². The Morgan fingerprint density at radius 2 is 2.06 bits per heavy atom. The maximum Gasteiger partial charge on any atom is 0.234 e. The van der Waals surface area contributed by atoms with Gasteiger partial charge in [0.1, 0.15) is 0 Å². The number of hydrogen-bond donors (Lipinski definition) is 1. The monoisotopic (exact) mass is 264 g/mol. The Balaban J connectivity index is 2.14. The molecule has 0 aliphatic heterocycles. The first kappa shape index (κ1) is 13.4. The van der Waals surface area contributed by atoms with Crippen molar-refractivity contribution < 1.29 is 4.79 Å². The SMILES string of the molecule is CSc1ccccc1C1(NC(=O)CN(C)C)CC1. The van der Waals surface area contributed by atoms with Crippen molar-refractivity contribution in [3.05, 3.63) is 29.8 Å². The number of carbonyl (C=O) groups excluding carboxylic acids is 1. The van der Waals surface area contributed by atoms with Gasteiger partial charge in [0.05, 0.1) is 12.1 Å². The van der Waals surface area contributed by atoms with Gasteiger partial charge in [0.2, 0.25) is 5.91 Å². The topological polar surface area (TPSA) is 32.3 Å². The largest absolute Gasteiger partial charge is 0.345 e. The number of likely N-dealkylation sites (N-methyl/N-ethyl adjacent to an activating group) is 1. The molecule has 1 aliphatic carbocycles. The predicted octanol–water partition coefficient (Wildman–Crippen LogP) is 2.08. The molecule has 1 fully saturated rings. The van der Waals surface area contributed by atoms with Gasteiger partial charge in [-0.1, -0.05) is 18.2 Å². The van der Waals surface area contributed by atoms with Gasteiger partial charge in [-0.05, 0) is 44.8 Å². The number of rotatable bonds is 5. The standard InChI is InChI=1S/C14H20N2OS/c1-16(2)10-13(17)15-14(8-9-14)11-6-4-5-7-12(11)18-3/h4-7H,8-10H2,1-3H3,(H,15,17). The summed E-state index contributed by atoms with van der Waals surface area (Å²) in [6.45, 7) is 0.448. The maximum atomic E-state index is 11.9. The quantitative estimate of drug-likeness (QED) is 0.826. The van der Waals surface area contributed by atoms with E-state index in [-0.39, 0.29) is 11.4 Å². The van der Waals surface area contributed by atoms with Crippen LogP contribution in [0.3, 0.4) is 0 Å². The van der Waals surface area contributed by atoms with E-state index in [1.54, 1.807) is 11.8 Å². The van der Waals surface area contributed by atoms with Crippen molar-refractivity contribution in [3.8, 4) is 0 Å². The van der Waals surface area contributed by atoms with Crippen LogP contribution in [-0.4, -0.2) is 37.7 Å². The van der Waals surface area contributed by atoms with Crippen LogP contribution >= 0.6 is 11.8 Å². The van der Waals surface area contributed by atoms with Gasteiger partial charge in [0.25, 0.3) is 0 Å². The second-order valence-electron chi connectivity index (χ2n) is 5.07. The molecule has 0 radical (unpaired) electrons. The summed E-state index contributed by atoms with van der Waals surface area (Å²) >= 11 is 1.74. The lowest BCUT2D eigenvalue weighted by atomic mass is 10.0. The lowest BCUT2D eigenvalue weighted by molar-refractivity contribution is -0.122. The molecular weight excluding hydrogens is 244 g/mol. The Hall–Kier alpha value is -1.00. The summed E-state index contributed by atoms with van der Waals surface area (Å²) in [6, 6.07) is 8.35. The van der Waals surface area contributed by atoms with Gasteiger partial charge in [-0.3, -0.25) is 4.79 Å². The van der Waals surface area contributed by atoms with Crippen LogP contribution in [-0.2, 0) is 10.3 Å². The smallest absolute Gasteiger partial charge is 0.234 e. The lowest BCUT2D eigenvalue weighted by Crippen LogP contribution is -2.40. The first-order valence-electron chi connectivity index (χ1n) is 6.17. The van der Waals surface area contributed by atoms with Gasteiger partial charge < -0.3 is 10.2 Å². The van der Waals surface area contributed by atoms with Gasteiger partial charge in [0, 0.05) is 4.90 Å². The van der Waals surface area contributed by atoms with Gasteiger partial charge in [-0.15, -0.1) is 11.8 Å². The summed E-state index contributed by atoms with van der Waals surface area (Å²) < 4.78 is 0. The molecule has 1 amide bonds. The predicted molar refractivity (Wildman–Crippen MR) is 75.8 cm³/mol. The van der Waals surface area contributed by atoms with Crippen LogP contribution in [0.1, 0.15) is 18.4 Å². The van der Waals surface area contributed by atoms with E-state index in [4.69, 9.17) is 0 Å². The second kappa shape index (κ2) is 5.33. The average molecular weight is 264 g/mol. The third-order valence-corrected chi connectivity index (χ3v) is 4.01. The van der Waals surface area contributed by atoms with Crippen LogP contribution in [0.4, 0.5) is 0 Å². The van der Waals surface area contributed by atoms with Gasteiger partial charge in [-0.2, -0.15) is 0 Å². The van der Waals surface area contributed by atoms with Crippen molar-refractivity contribution in [2.45, 2.75) is 23.3 Å². The fourth-order valence-electron chi connectivity index (χ4n) is 2.22. The van der Waals surface area contributed by atoms with Crippen LogP contribution in [0.15, 0.2) is 29.2 Å². The fourth-order valence-corrected chi connectivity index (χ4v) is 2.92. The number of carbonyl (C=O) groups is 1. The summed E-state index contributed by atoms with van der Waals surface area (Å²) in [5.74, 6) is 0.105. The van der Waals surface area contributed by atoms with E-state index >= 15 is 0 Å². The summed E-state index contributed by atoms with van der Waals surface area (Å²) in [5.41, 5.74) is 1.16. The third kappa shape index (κ3) is 2.87. The molecule has 0 unspecified atom stereocenters. The van der Waals surface area contributed by atoms with Crippen LogP contribution in [0.25, 0.3) is 0 Å². The molecule has 1 aromatic carbocycles. The Kier molecular flexibility index (Phi) is 3.97. The zero-order chi connectivity index (χ0) is 13.2. The molecule has 0 heterocycles. The Morgan fingerprint density at radius 1 is 1.39 bits per heavy atom. The molecule has 2 rings (SSSR count). The van der Waals surface area contributed by atoms with E-state index < -0.39 is 0 Å². The maximum absolute atomic E-state index is 11.9. The second-order valence-corrected chi connectivity index (χ2v) is 5.92. The third-order valence-electron chi connectivity index (χ3n) is 3.21. The molecule has 1 N–H and O–H groups in total. The minimum atomic E-state index is -0.104. The molecule has 0 bridgehead atoms. The highest BCUT2D eigenvalue weighted by molar-refractivity contribution is 7.98. The highest BCUT2D eigenvalue weighted by Gasteiger charge is 2.46. The minimum absolute atomic E-state index is 0.104. The van der Waals surface area contributed by atoms with Gasteiger partial charge >= 0.3 is 0 Å². The number of benzene rings is 1. The van der Waals surface area contributed by atoms with Crippen LogP contribution < -0.4 is 5.32 Å². The van der Waals surface area contributed by atoms with Crippen molar-refractivity contribution in [3.63, 3.8) is 0 Å². The Labute approximate surface area is 113 Å². The number of nitrogens with zero attached hydrogens (tertiary/aromatic N) is 1. The molecule has 3 nitrogen and oxygen atoms in total. The molecule has 0 atom stereocenters. The zero-order valence-electron chi connectivity index (χ0n) is 11.2. The number of nitrogens with one attached hydrogen (secondary N) is 1. The first-order chi connectivity index (χ1) is 8.57. The van der Waals surface area contributed by atoms with Crippen LogP contribution in [0, 0.1) is 0 Å². The first-order valence-corrected chi connectivity index (χ1v) is 7.39. The van der Waals surface area contributed by atoms with E-state index in [9.17, 15) is 4.79 Å². The van der Waals surface area contributed by atoms with E-state index in [0.717, 1.165) is 12.8 Å². The van der Waals surface area contributed by atoms with E-state index in [2.05, 4.69) is 23.7 Å². The van der Waals surface area contributed by atoms with E-state index in [1.165, 1.54) is 10.5 Å². The highest BCUT2D eigenvalue weighted by atomic mass is 32.2. The van der Waals surface area contributed by atoms with Crippen molar-refractivity contribution in [2.24, 2.45) is 0 Å². The summed E-state index contributed by atoms with van der Waals surface area (Å²) in [7, 11) is 3.82. The minimum Gasteiger partial charge on any atom is -0.345 e. The molecule has 1 aromatic rings. The molecular formula is C14H20N2OS. The molecule has 4 heteroatoms. The van der Waals surface area contributed by atoms with Gasteiger partial charge in [-0.25, -0.2) is 0 Å². The van der Waals surface area contributed by atoms with E-state index in [1.807, 2.05) is 31.1 Å². The number of amides is 1. The highest BCUT2D eigenvalue weighted by Crippen LogP contribution is 2.48. The zero-order valence-corrected chi connectivity index (χ0v) is 12.0. The van der Waals surface area contributed by atoms with Crippen molar-refractivity contribution in [1.82, 2.24) is 10.2 Å². The molecule has 0 aromatic heterocycles. The van der Waals surface area contributed by atoms with Gasteiger partial charge in [0.15, 0.2) is 0 Å². The molecule has 0 spiro atoms. The fraction of sp³-hybridized carbons (Fsp3) is 0.500. The Morgan fingerprint density at radius 3 is 2.61 bits per heavy atom. The lowest BCUT2D eigenvalue weighted by Gasteiger charge is -2.21. The molecule has 1 saturated carbocycles.